The second kappa shape index (κ2) is 5.81. The number of hydrogen-bond acceptors (Lipinski definition) is 2. The van der Waals surface area contributed by atoms with E-state index < -0.39 is 6.10 Å². The molecule has 0 heterocycles. The average molecular weight is 343 g/mol. The molecule has 0 aromatic carbocycles. The summed E-state index contributed by atoms with van der Waals surface area (Å²) >= 11 is 0. The monoisotopic (exact) mass is 342 g/mol. The number of rotatable bonds is 2. The van der Waals surface area contributed by atoms with Crippen LogP contribution in [0.2, 0.25) is 0 Å². The van der Waals surface area contributed by atoms with E-state index in [4.69, 9.17) is 0 Å². The highest BCUT2D eigenvalue weighted by atomic mass is 16.3. The van der Waals surface area contributed by atoms with Crippen molar-refractivity contribution in [2.45, 2.75) is 71.8 Å². The number of carbonyl (C=O) groups excluding carboxylic acids is 1. The summed E-state index contributed by atoms with van der Waals surface area (Å²) in [5.74, 6) is 3.48. The van der Waals surface area contributed by atoms with E-state index in [0.717, 1.165) is 24.3 Å². The molecule has 0 aliphatic heterocycles. The number of aliphatic hydroxyl groups is 1. The van der Waals surface area contributed by atoms with Gasteiger partial charge in [0.1, 0.15) is 0 Å². The van der Waals surface area contributed by atoms with Crippen LogP contribution >= 0.6 is 0 Å². The van der Waals surface area contributed by atoms with Crippen molar-refractivity contribution >= 4 is 5.78 Å². The third-order valence-electron chi connectivity index (χ3n) is 8.99. The van der Waals surface area contributed by atoms with Gasteiger partial charge >= 0.3 is 0 Å². The molecule has 25 heavy (non-hydrogen) atoms. The van der Waals surface area contributed by atoms with E-state index in [0.29, 0.717) is 41.3 Å². The van der Waals surface area contributed by atoms with E-state index in [2.05, 4.69) is 33.4 Å². The molecule has 8 unspecified atom stereocenters. The quantitative estimate of drug-likeness (QED) is 0.723. The van der Waals surface area contributed by atoms with Crippen LogP contribution in [0.15, 0.2) is 24.3 Å². The third-order valence-corrected chi connectivity index (χ3v) is 8.99. The van der Waals surface area contributed by atoms with Crippen molar-refractivity contribution in [2.75, 3.05) is 0 Å². The van der Waals surface area contributed by atoms with Gasteiger partial charge in [-0.25, -0.2) is 0 Å². The zero-order valence-corrected chi connectivity index (χ0v) is 16.1. The zero-order valence-electron chi connectivity index (χ0n) is 16.1. The Morgan fingerprint density at radius 2 is 1.96 bits per heavy atom. The van der Waals surface area contributed by atoms with Crippen molar-refractivity contribution < 1.29 is 9.90 Å². The Morgan fingerprint density at radius 3 is 2.68 bits per heavy atom. The molecule has 8 atom stereocenters. The Kier molecular flexibility index (Phi) is 4.07. The number of hydrogen-bond donors (Lipinski definition) is 1. The van der Waals surface area contributed by atoms with Crippen molar-refractivity contribution in [3.05, 3.63) is 24.3 Å². The van der Waals surface area contributed by atoms with Crippen LogP contribution in [-0.4, -0.2) is 17.0 Å². The fourth-order valence-corrected chi connectivity index (χ4v) is 7.60. The number of aliphatic hydroxyl groups excluding tert-OH is 1. The summed E-state index contributed by atoms with van der Waals surface area (Å²) in [7, 11) is 0. The predicted octanol–water partition coefficient (Wildman–Crippen LogP) is 4.93. The van der Waals surface area contributed by atoms with Crippen molar-refractivity contribution in [1.29, 1.82) is 0 Å². The van der Waals surface area contributed by atoms with Crippen LogP contribution in [0.5, 0.6) is 0 Å². The highest BCUT2D eigenvalue weighted by Gasteiger charge is 2.60. The average Bonchev–Trinajstić information content (AvgIpc) is 2.93. The fraction of sp³-hybridized carbons (Fsp3) is 0.783. The van der Waals surface area contributed by atoms with E-state index >= 15 is 0 Å². The number of Topliss-reactive ketones (excluding diaryl/α,β-unsaturated/α-hetero) is 1. The first-order valence-corrected chi connectivity index (χ1v) is 10.4. The molecular weight excluding hydrogens is 308 g/mol. The van der Waals surface area contributed by atoms with E-state index in [1.807, 2.05) is 6.08 Å². The Balaban J connectivity index is 1.68. The molecule has 4 aliphatic carbocycles. The lowest BCUT2D eigenvalue weighted by Gasteiger charge is -2.58. The fourth-order valence-electron chi connectivity index (χ4n) is 7.60. The summed E-state index contributed by atoms with van der Waals surface area (Å²) in [6, 6.07) is 0. The topological polar surface area (TPSA) is 37.3 Å². The minimum atomic E-state index is -0.415. The molecule has 2 nitrogen and oxygen atoms in total. The lowest BCUT2D eigenvalue weighted by Crippen LogP contribution is -2.53. The molecule has 0 aromatic heterocycles. The van der Waals surface area contributed by atoms with Crippen LogP contribution in [0.1, 0.15) is 65.7 Å². The van der Waals surface area contributed by atoms with Crippen LogP contribution in [0.25, 0.3) is 0 Å². The molecule has 0 aromatic rings. The number of carbonyl (C=O) groups is 1. The molecular formula is C23H34O2. The SMILES string of the molecule is C=CC(C)C1CCC2C3CC(=O)C4=CC(O)CCC4(C)C3CCC12C. The van der Waals surface area contributed by atoms with E-state index in [1.54, 1.807) is 0 Å². The van der Waals surface area contributed by atoms with Crippen LogP contribution in [0, 0.1) is 40.4 Å². The molecule has 0 saturated heterocycles. The van der Waals surface area contributed by atoms with Crippen molar-refractivity contribution in [3.63, 3.8) is 0 Å². The zero-order chi connectivity index (χ0) is 18.0. The minimum absolute atomic E-state index is 0.00268. The molecule has 138 valence electrons. The van der Waals surface area contributed by atoms with Crippen molar-refractivity contribution in [1.82, 2.24) is 0 Å². The highest BCUT2D eigenvalue weighted by Crippen LogP contribution is 2.67. The molecule has 2 heteroatoms. The van der Waals surface area contributed by atoms with E-state index in [9.17, 15) is 9.90 Å². The van der Waals surface area contributed by atoms with Gasteiger partial charge in [-0.1, -0.05) is 26.8 Å². The van der Waals surface area contributed by atoms with Gasteiger partial charge in [0.2, 0.25) is 0 Å². The van der Waals surface area contributed by atoms with Gasteiger partial charge in [-0.2, -0.15) is 0 Å². The van der Waals surface area contributed by atoms with Gasteiger partial charge in [-0.3, -0.25) is 4.79 Å². The first kappa shape index (κ1) is 17.5. The van der Waals surface area contributed by atoms with Crippen molar-refractivity contribution in [3.8, 4) is 0 Å². The van der Waals surface area contributed by atoms with Crippen molar-refractivity contribution in [2.24, 2.45) is 40.4 Å². The maximum absolute atomic E-state index is 13.0. The van der Waals surface area contributed by atoms with Crippen LogP contribution in [0.3, 0.4) is 0 Å². The molecule has 0 spiro atoms. The highest BCUT2D eigenvalue weighted by molar-refractivity contribution is 5.98. The summed E-state index contributed by atoms with van der Waals surface area (Å²) in [5, 5.41) is 10.1. The molecule has 4 rings (SSSR count). The third kappa shape index (κ3) is 2.36. The standard InChI is InChI=1S/C23H34O2/c1-5-14(2)17-6-7-18-16-13-21(25)20-12-15(24)8-10-23(20,4)19(16)9-11-22(17,18)3/h5,12,14-19,24H,1,6-11,13H2,2-4H3. The summed E-state index contributed by atoms with van der Waals surface area (Å²) in [6.45, 7) is 11.2. The molecule has 3 fully saturated rings. The Labute approximate surface area is 152 Å². The largest absolute Gasteiger partial charge is 0.389 e. The molecule has 3 saturated carbocycles. The minimum Gasteiger partial charge on any atom is -0.389 e. The Morgan fingerprint density at radius 1 is 1.20 bits per heavy atom. The number of allylic oxidation sites excluding steroid dienone is 2. The van der Waals surface area contributed by atoms with Gasteiger partial charge in [0, 0.05) is 6.42 Å². The second-order valence-electron chi connectivity index (χ2n) is 9.93. The van der Waals surface area contributed by atoms with Gasteiger partial charge in [-0.05, 0) is 90.6 Å². The van der Waals surface area contributed by atoms with E-state index in [-0.39, 0.29) is 5.41 Å². The maximum Gasteiger partial charge on any atom is 0.159 e. The molecule has 4 aliphatic rings. The predicted molar refractivity (Wildman–Crippen MR) is 101 cm³/mol. The van der Waals surface area contributed by atoms with Gasteiger partial charge < -0.3 is 5.11 Å². The van der Waals surface area contributed by atoms with Crippen LogP contribution in [0.4, 0.5) is 0 Å². The summed E-state index contributed by atoms with van der Waals surface area (Å²) < 4.78 is 0. The summed E-state index contributed by atoms with van der Waals surface area (Å²) in [6.07, 6.45) is 11.2. The lowest BCUT2D eigenvalue weighted by atomic mass is 9.46. The number of ketones is 1. The lowest BCUT2D eigenvalue weighted by molar-refractivity contribution is -0.129. The van der Waals surface area contributed by atoms with Crippen LogP contribution < -0.4 is 0 Å². The normalized spacial score (nSPS) is 50.3. The van der Waals surface area contributed by atoms with Crippen LogP contribution in [-0.2, 0) is 4.79 Å². The summed E-state index contributed by atoms with van der Waals surface area (Å²) in [5.41, 5.74) is 1.34. The molecule has 1 N–H and O–H groups in total. The Bertz CT molecular complexity index is 620. The Hall–Kier alpha value is -0.890. The maximum atomic E-state index is 13.0. The molecule has 0 radical (unpaired) electrons. The summed E-state index contributed by atoms with van der Waals surface area (Å²) in [4.78, 5) is 13.0. The first-order chi connectivity index (χ1) is 11.8. The van der Waals surface area contributed by atoms with Gasteiger partial charge in [-0.15, -0.1) is 6.58 Å². The molecule has 0 amide bonds. The second-order valence-corrected chi connectivity index (χ2v) is 9.93. The van der Waals surface area contributed by atoms with E-state index in [1.165, 1.54) is 25.7 Å². The first-order valence-electron chi connectivity index (χ1n) is 10.4. The van der Waals surface area contributed by atoms with Gasteiger partial charge in [0.15, 0.2) is 5.78 Å². The number of fused-ring (bicyclic) bond motifs is 5. The van der Waals surface area contributed by atoms with Gasteiger partial charge in [0.25, 0.3) is 0 Å². The smallest absolute Gasteiger partial charge is 0.159 e. The van der Waals surface area contributed by atoms with Gasteiger partial charge in [0.05, 0.1) is 6.10 Å². The molecule has 0 bridgehead atoms.